The van der Waals surface area contributed by atoms with Crippen LogP contribution in [-0.2, 0) is 16.0 Å². The summed E-state index contributed by atoms with van der Waals surface area (Å²) in [6, 6.07) is 5.58. The third kappa shape index (κ3) is 10.8. The molecule has 1 rings (SSSR count). The number of rotatable bonds is 17. The SMILES string of the molecule is CCCCNC(=O)[C@H](C)C[C@H](O)[C@@H](N)C[C@H](Cc1ccc(OC)c(OCCOC)c1)C(C)C. The summed E-state index contributed by atoms with van der Waals surface area (Å²) in [6.07, 6.45) is 3.13. The Morgan fingerprint density at radius 2 is 1.85 bits per heavy atom. The number of benzene rings is 1. The number of aliphatic hydroxyl groups is 1. The number of methoxy groups -OCH3 is 2. The minimum Gasteiger partial charge on any atom is -0.493 e. The van der Waals surface area contributed by atoms with Crippen molar-refractivity contribution >= 4 is 5.91 Å². The first kappa shape index (κ1) is 29.2. The van der Waals surface area contributed by atoms with Crippen LogP contribution in [0, 0.1) is 17.8 Å². The molecule has 7 nitrogen and oxygen atoms in total. The third-order valence-corrected chi connectivity index (χ3v) is 6.16. The second-order valence-corrected chi connectivity index (χ2v) is 9.28. The first-order chi connectivity index (χ1) is 15.7. The maximum atomic E-state index is 12.2. The Bertz CT molecular complexity index is 683. The monoisotopic (exact) mass is 466 g/mol. The van der Waals surface area contributed by atoms with Crippen molar-refractivity contribution in [1.29, 1.82) is 0 Å². The summed E-state index contributed by atoms with van der Waals surface area (Å²) in [7, 11) is 3.27. The summed E-state index contributed by atoms with van der Waals surface area (Å²) in [5.41, 5.74) is 7.53. The van der Waals surface area contributed by atoms with Crippen molar-refractivity contribution in [2.75, 3.05) is 34.0 Å². The van der Waals surface area contributed by atoms with Gasteiger partial charge in [-0.1, -0.05) is 40.2 Å². The van der Waals surface area contributed by atoms with E-state index in [1.807, 2.05) is 25.1 Å². The number of hydrogen-bond donors (Lipinski definition) is 3. The highest BCUT2D eigenvalue weighted by atomic mass is 16.5. The van der Waals surface area contributed by atoms with Gasteiger partial charge in [-0.05, 0) is 55.2 Å². The third-order valence-electron chi connectivity index (χ3n) is 6.16. The van der Waals surface area contributed by atoms with Crippen LogP contribution in [0.2, 0.25) is 0 Å². The fourth-order valence-corrected chi connectivity index (χ4v) is 3.80. The van der Waals surface area contributed by atoms with E-state index >= 15 is 0 Å². The zero-order valence-electron chi connectivity index (χ0n) is 21.4. The Labute approximate surface area is 200 Å². The van der Waals surface area contributed by atoms with Gasteiger partial charge >= 0.3 is 0 Å². The van der Waals surface area contributed by atoms with E-state index in [1.165, 1.54) is 0 Å². The summed E-state index contributed by atoms with van der Waals surface area (Å²) in [5.74, 6) is 1.76. The van der Waals surface area contributed by atoms with E-state index in [9.17, 15) is 9.90 Å². The van der Waals surface area contributed by atoms with Gasteiger partial charge in [-0.25, -0.2) is 0 Å². The molecular formula is C26H46N2O5. The number of hydrogen-bond acceptors (Lipinski definition) is 6. The molecule has 1 aromatic carbocycles. The molecule has 0 fully saturated rings. The number of aliphatic hydroxyl groups excluding tert-OH is 1. The Hall–Kier alpha value is -1.83. The quantitative estimate of drug-likeness (QED) is 0.303. The average molecular weight is 467 g/mol. The lowest BCUT2D eigenvalue weighted by molar-refractivity contribution is -0.125. The highest BCUT2D eigenvalue weighted by Gasteiger charge is 2.26. The van der Waals surface area contributed by atoms with Crippen molar-refractivity contribution in [2.24, 2.45) is 23.5 Å². The molecule has 190 valence electrons. The van der Waals surface area contributed by atoms with Crippen molar-refractivity contribution < 1.29 is 24.1 Å². The lowest BCUT2D eigenvalue weighted by Gasteiger charge is -2.28. The first-order valence-electron chi connectivity index (χ1n) is 12.2. The van der Waals surface area contributed by atoms with Crippen LogP contribution in [0.25, 0.3) is 0 Å². The van der Waals surface area contributed by atoms with Gasteiger partial charge in [0.05, 0.1) is 19.8 Å². The molecule has 0 aliphatic heterocycles. The molecule has 0 bridgehead atoms. The molecule has 0 aliphatic rings. The predicted molar refractivity (Wildman–Crippen MR) is 133 cm³/mol. The number of ether oxygens (including phenoxy) is 3. The van der Waals surface area contributed by atoms with Gasteiger partial charge in [0.15, 0.2) is 11.5 Å². The zero-order chi connectivity index (χ0) is 24.8. The zero-order valence-corrected chi connectivity index (χ0v) is 21.4. The van der Waals surface area contributed by atoms with Crippen LogP contribution in [0.3, 0.4) is 0 Å². The summed E-state index contributed by atoms with van der Waals surface area (Å²) in [4.78, 5) is 12.2. The molecule has 7 heteroatoms. The first-order valence-corrected chi connectivity index (χ1v) is 12.2. The molecule has 0 unspecified atom stereocenters. The lowest BCUT2D eigenvalue weighted by Crippen LogP contribution is -2.41. The van der Waals surface area contributed by atoms with Gasteiger partial charge in [0.1, 0.15) is 6.61 Å². The van der Waals surface area contributed by atoms with Crippen LogP contribution in [-0.4, -0.2) is 57.1 Å². The fraction of sp³-hybridized carbons (Fsp3) is 0.731. The molecule has 0 aliphatic carbocycles. The van der Waals surface area contributed by atoms with Gasteiger partial charge in [-0.15, -0.1) is 0 Å². The number of carbonyl (C=O) groups is 1. The van der Waals surface area contributed by atoms with Crippen LogP contribution in [0.1, 0.15) is 58.9 Å². The summed E-state index contributed by atoms with van der Waals surface area (Å²) < 4.78 is 16.3. The molecule has 33 heavy (non-hydrogen) atoms. The summed E-state index contributed by atoms with van der Waals surface area (Å²) in [5, 5.41) is 13.6. The van der Waals surface area contributed by atoms with Crippen LogP contribution in [0.15, 0.2) is 18.2 Å². The second kappa shape index (κ2) is 15.9. The Kier molecular flexibility index (Phi) is 14.1. The Morgan fingerprint density at radius 1 is 1.12 bits per heavy atom. The maximum absolute atomic E-state index is 12.2. The van der Waals surface area contributed by atoms with Crippen molar-refractivity contribution in [3.8, 4) is 11.5 Å². The summed E-state index contributed by atoms with van der Waals surface area (Å²) in [6.45, 7) is 9.91. The molecule has 0 radical (unpaired) electrons. The van der Waals surface area contributed by atoms with E-state index in [-0.39, 0.29) is 23.8 Å². The average Bonchev–Trinajstić information content (AvgIpc) is 2.78. The minimum absolute atomic E-state index is 0.0191. The lowest BCUT2D eigenvalue weighted by atomic mass is 9.82. The number of nitrogens with two attached hydrogens (primary N) is 1. The van der Waals surface area contributed by atoms with Crippen LogP contribution in [0.4, 0.5) is 0 Å². The predicted octanol–water partition coefficient (Wildman–Crippen LogP) is 3.56. The van der Waals surface area contributed by atoms with Crippen LogP contribution < -0.4 is 20.5 Å². The maximum Gasteiger partial charge on any atom is 0.222 e. The molecule has 1 amide bonds. The standard InChI is InChI=1S/C26H46N2O5/c1-7-8-11-28-26(30)19(4)14-23(29)22(27)17-21(18(2)3)15-20-9-10-24(32-6)25(16-20)33-13-12-31-5/h9-10,16,18-19,21-23,29H,7-8,11-15,17,27H2,1-6H3,(H,28,30)/t19-,21+,22+,23+/m1/s1. The molecule has 0 heterocycles. The van der Waals surface area contributed by atoms with Crippen molar-refractivity contribution in [3.63, 3.8) is 0 Å². The van der Waals surface area contributed by atoms with Crippen molar-refractivity contribution in [3.05, 3.63) is 23.8 Å². The molecule has 1 aromatic rings. The highest BCUT2D eigenvalue weighted by Crippen LogP contribution is 2.31. The molecule has 0 aromatic heterocycles. The van der Waals surface area contributed by atoms with Gasteiger partial charge in [-0.3, -0.25) is 4.79 Å². The van der Waals surface area contributed by atoms with Gasteiger partial charge in [-0.2, -0.15) is 0 Å². The minimum atomic E-state index is -0.720. The van der Waals surface area contributed by atoms with E-state index in [2.05, 4.69) is 26.1 Å². The molecule has 0 saturated heterocycles. The van der Waals surface area contributed by atoms with Crippen molar-refractivity contribution in [2.45, 2.75) is 71.9 Å². The van der Waals surface area contributed by atoms with Gasteiger partial charge < -0.3 is 30.4 Å². The molecule has 0 saturated carbocycles. The molecule has 4 N–H and O–H groups in total. The highest BCUT2D eigenvalue weighted by molar-refractivity contribution is 5.78. The number of unbranched alkanes of at least 4 members (excludes halogenated alkanes) is 1. The summed E-state index contributed by atoms with van der Waals surface area (Å²) >= 11 is 0. The number of nitrogens with one attached hydrogen (secondary N) is 1. The second-order valence-electron chi connectivity index (χ2n) is 9.28. The van der Waals surface area contributed by atoms with Gasteiger partial charge in [0.2, 0.25) is 5.91 Å². The largest absolute Gasteiger partial charge is 0.493 e. The number of carbonyl (C=O) groups excluding carboxylic acids is 1. The fourth-order valence-electron chi connectivity index (χ4n) is 3.80. The smallest absolute Gasteiger partial charge is 0.222 e. The van der Waals surface area contributed by atoms with Crippen LogP contribution >= 0.6 is 0 Å². The van der Waals surface area contributed by atoms with Crippen LogP contribution in [0.5, 0.6) is 11.5 Å². The van der Waals surface area contributed by atoms with Gasteiger partial charge in [0, 0.05) is 25.6 Å². The Balaban J connectivity index is 2.73. The van der Waals surface area contributed by atoms with E-state index in [0.717, 1.165) is 24.8 Å². The molecule has 4 atom stereocenters. The number of amides is 1. The molecule has 0 spiro atoms. The topological polar surface area (TPSA) is 103 Å². The van der Waals surface area contributed by atoms with E-state index in [4.69, 9.17) is 19.9 Å². The normalized spacial score (nSPS) is 15.1. The Morgan fingerprint density at radius 3 is 2.45 bits per heavy atom. The van der Waals surface area contributed by atoms with E-state index < -0.39 is 6.10 Å². The van der Waals surface area contributed by atoms with Gasteiger partial charge in [0.25, 0.3) is 0 Å². The molecular weight excluding hydrogens is 420 g/mol. The van der Waals surface area contributed by atoms with E-state index in [0.29, 0.717) is 50.0 Å². The van der Waals surface area contributed by atoms with E-state index in [1.54, 1.807) is 14.2 Å². The van der Waals surface area contributed by atoms with Crippen molar-refractivity contribution in [1.82, 2.24) is 5.32 Å².